The Balaban J connectivity index is -0.0000000110. The van der Waals surface area contributed by atoms with Crippen LogP contribution < -0.4 is 0 Å². The molecule has 0 saturated carbocycles. The molecule has 4 nitrogen and oxygen atoms in total. The van der Waals surface area contributed by atoms with Crippen LogP contribution in [-0.2, 0) is 9.47 Å². The van der Waals surface area contributed by atoms with Gasteiger partial charge in [0.2, 0.25) is 0 Å². The van der Waals surface area contributed by atoms with Crippen molar-refractivity contribution in [2.45, 2.75) is 71.4 Å². The van der Waals surface area contributed by atoms with Crippen LogP contribution in [0.25, 0.3) is 0 Å². The Hall–Kier alpha value is -0.160. The van der Waals surface area contributed by atoms with E-state index < -0.39 is 0 Å². The van der Waals surface area contributed by atoms with E-state index in [4.69, 9.17) is 10.2 Å². The number of aliphatic hydroxyl groups is 2. The van der Waals surface area contributed by atoms with Gasteiger partial charge >= 0.3 is 0 Å². The molecule has 0 radical (unpaired) electrons. The summed E-state index contributed by atoms with van der Waals surface area (Å²) >= 11 is 0. The third-order valence-corrected chi connectivity index (χ3v) is 1.17. The predicted octanol–water partition coefficient (Wildman–Crippen LogP) is 4.48. The lowest BCUT2D eigenvalue weighted by atomic mass is 10.4. The number of hydrogen-bond donors (Lipinski definition) is 2. The van der Waals surface area contributed by atoms with Crippen molar-refractivity contribution in [2.24, 2.45) is 0 Å². The third-order valence-electron chi connectivity index (χ3n) is 1.17. The van der Waals surface area contributed by atoms with E-state index in [1.54, 1.807) is 21.1 Å². The van der Waals surface area contributed by atoms with E-state index >= 15 is 0 Å². The Labute approximate surface area is 126 Å². The molecule has 4 heteroatoms. The fraction of sp³-hybridized carbons (Fsp3) is 1.00. The van der Waals surface area contributed by atoms with Gasteiger partial charge in [0.05, 0.1) is 12.7 Å². The fourth-order valence-corrected chi connectivity index (χ4v) is 0.283. The number of hydrogen-bond acceptors (Lipinski definition) is 4. The van der Waals surface area contributed by atoms with Gasteiger partial charge in [-0.25, -0.2) is 0 Å². The van der Waals surface area contributed by atoms with Gasteiger partial charge in [-0.05, 0) is 13.3 Å². The Bertz CT molecular complexity index is 63.2. The normalized spacial score (nSPS) is 7.42. The minimum absolute atomic E-state index is 0. The van der Waals surface area contributed by atoms with E-state index in [0.29, 0.717) is 6.61 Å². The average Bonchev–Trinajstić information content (AvgIpc) is 2.14. The van der Waals surface area contributed by atoms with Crippen molar-refractivity contribution in [3.63, 3.8) is 0 Å². The van der Waals surface area contributed by atoms with Crippen LogP contribution in [0.1, 0.15) is 65.3 Å². The molecule has 1 atom stereocenters. The van der Waals surface area contributed by atoms with E-state index in [1.165, 1.54) is 0 Å². The zero-order valence-corrected chi connectivity index (χ0v) is 8.12. The van der Waals surface area contributed by atoms with Crippen molar-refractivity contribution in [1.29, 1.82) is 0 Å². The summed E-state index contributed by atoms with van der Waals surface area (Å²) in [5.41, 5.74) is 0. The lowest BCUT2D eigenvalue weighted by molar-refractivity contribution is 0.0623. The first-order valence-corrected chi connectivity index (χ1v) is 3.96. The SMILES string of the molecule is C.C.C.C.C.C.C.COC(C)CO.COCCCO. The summed E-state index contributed by atoms with van der Waals surface area (Å²) in [7, 11) is 3.19. The Morgan fingerprint density at radius 1 is 0.842 bits per heavy atom. The molecule has 0 aliphatic heterocycles. The van der Waals surface area contributed by atoms with Crippen LogP contribution in [0.3, 0.4) is 0 Å². The monoisotopic (exact) mass is 292 g/mol. The molecule has 0 bridgehead atoms. The Morgan fingerprint density at radius 2 is 1.21 bits per heavy atom. The van der Waals surface area contributed by atoms with Crippen LogP contribution in [0.4, 0.5) is 0 Å². The standard InChI is InChI=1S/2C4H10O2.7CH4/c1-4(3-5)6-2;1-6-4-2-3-5;;;;;;;/h4-5H,3H2,1-2H3;5H,2-4H2,1H3;7*1H4. The third kappa shape index (κ3) is 95.7. The fourth-order valence-electron chi connectivity index (χ4n) is 0.283. The topological polar surface area (TPSA) is 58.9 Å². The molecule has 2 N–H and O–H groups in total. The summed E-state index contributed by atoms with van der Waals surface area (Å²) in [6, 6.07) is 0. The van der Waals surface area contributed by atoms with E-state index in [-0.39, 0.29) is 71.3 Å². The molecule has 0 heterocycles. The highest BCUT2D eigenvalue weighted by Gasteiger charge is 1.90. The molecule has 0 spiro atoms. The maximum absolute atomic E-state index is 8.21. The smallest absolute Gasteiger partial charge is 0.0773 e. The molecule has 0 aromatic heterocycles. The second kappa shape index (κ2) is 64.7. The summed E-state index contributed by atoms with van der Waals surface area (Å²) in [5, 5.41) is 16.3. The van der Waals surface area contributed by atoms with Gasteiger partial charge in [0.25, 0.3) is 0 Å². The van der Waals surface area contributed by atoms with E-state index in [9.17, 15) is 0 Å². The predicted molar refractivity (Wildman–Crippen MR) is 94.3 cm³/mol. The van der Waals surface area contributed by atoms with Crippen molar-refractivity contribution in [3.8, 4) is 0 Å². The van der Waals surface area contributed by atoms with Gasteiger partial charge in [-0.2, -0.15) is 0 Å². The van der Waals surface area contributed by atoms with Crippen LogP contribution in [0.5, 0.6) is 0 Å². The largest absolute Gasteiger partial charge is 0.396 e. The molecule has 0 aliphatic carbocycles. The van der Waals surface area contributed by atoms with Crippen molar-refractivity contribution < 1.29 is 19.7 Å². The summed E-state index contributed by atoms with van der Waals surface area (Å²) in [4.78, 5) is 0. The highest BCUT2D eigenvalue weighted by molar-refractivity contribution is 4.38. The van der Waals surface area contributed by atoms with E-state index in [0.717, 1.165) is 6.42 Å². The average molecular weight is 293 g/mol. The van der Waals surface area contributed by atoms with Crippen molar-refractivity contribution in [3.05, 3.63) is 0 Å². The van der Waals surface area contributed by atoms with Gasteiger partial charge in [0, 0.05) is 27.4 Å². The number of aliphatic hydroxyl groups excluding tert-OH is 2. The van der Waals surface area contributed by atoms with Crippen LogP contribution in [-0.4, -0.2) is 50.4 Å². The zero-order chi connectivity index (χ0) is 9.82. The molecule has 0 amide bonds. The second-order valence-corrected chi connectivity index (χ2v) is 2.30. The zero-order valence-electron chi connectivity index (χ0n) is 8.12. The molecule has 1 unspecified atom stereocenters. The van der Waals surface area contributed by atoms with Crippen LogP contribution >= 0.6 is 0 Å². The maximum Gasteiger partial charge on any atom is 0.0773 e. The lowest BCUT2D eigenvalue weighted by Gasteiger charge is -2.00. The Kier molecular flexibility index (Phi) is 211. The van der Waals surface area contributed by atoms with Crippen LogP contribution in [0.2, 0.25) is 0 Å². The van der Waals surface area contributed by atoms with Crippen molar-refractivity contribution >= 4 is 0 Å². The lowest BCUT2D eigenvalue weighted by Crippen LogP contribution is -2.08. The molecule has 0 aromatic rings. The van der Waals surface area contributed by atoms with Gasteiger partial charge < -0.3 is 19.7 Å². The first kappa shape index (κ1) is 61.9. The molecular weight excluding hydrogens is 244 g/mol. The van der Waals surface area contributed by atoms with Gasteiger partial charge in [-0.3, -0.25) is 0 Å². The van der Waals surface area contributed by atoms with Gasteiger partial charge in [0.15, 0.2) is 0 Å². The summed E-state index contributed by atoms with van der Waals surface area (Å²) in [6.07, 6.45) is 0.737. The van der Waals surface area contributed by atoms with Gasteiger partial charge in [-0.15, -0.1) is 0 Å². The highest BCUT2D eigenvalue weighted by atomic mass is 16.5. The van der Waals surface area contributed by atoms with E-state index in [2.05, 4.69) is 9.47 Å². The molecule has 19 heavy (non-hydrogen) atoms. The summed E-state index contributed by atoms with van der Waals surface area (Å²) in [6.45, 7) is 2.81. The van der Waals surface area contributed by atoms with E-state index in [1.807, 2.05) is 0 Å². The molecule has 0 fully saturated rings. The highest BCUT2D eigenvalue weighted by Crippen LogP contribution is 1.80. The first-order chi connectivity index (χ1) is 5.72. The molecule has 0 rings (SSSR count). The molecular formula is C15H48O4. The van der Waals surface area contributed by atoms with Crippen LogP contribution in [0, 0.1) is 0 Å². The van der Waals surface area contributed by atoms with Crippen LogP contribution in [0.15, 0.2) is 0 Å². The maximum atomic E-state index is 8.21. The molecule has 0 saturated heterocycles. The van der Waals surface area contributed by atoms with Crippen molar-refractivity contribution in [2.75, 3.05) is 34.0 Å². The van der Waals surface area contributed by atoms with Crippen molar-refractivity contribution in [1.82, 2.24) is 0 Å². The Morgan fingerprint density at radius 3 is 1.26 bits per heavy atom. The number of rotatable bonds is 5. The number of methoxy groups -OCH3 is 2. The summed E-state index contributed by atoms with van der Waals surface area (Å²) < 4.78 is 9.27. The minimum atomic E-state index is -0.00926. The quantitative estimate of drug-likeness (QED) is 0.733. The summed E-state index contributed by atoms with van der Waals surface area (Å²) in [5.74, 6) is 0. The first-order valence-electron chi connectivity index (χ1n) is 3.96. The number of ether oxygens (including phenoxy) is 2. The minimum Gasteiger partial charge on any atom is -0.396 e. The van der Waals surface area contributed by atoms with Gasteiger partial charge in [-0.1, -0.05) is 52.0 Å². The molecule has 0 aliphatic rings. The second-order valence-electron chi connectivity index (χ2n) is 2.30. The van der Waals surface area contributed by atoms with Gasteiger partial charge in [0.1, 0.15) is 0 Å². The molecule has 132 valence electrons. The molecule has 0 aromatic carbocycles.